The second kappa shape index (κ2) is 6.87. The number of nitrogens with zero attached hydrogens (tertiary/aromatic N) is 3. The van der Waals surface area contributed by atoms with Gasteiger partial charge in [0.15, 0.2) is 5.78 Å². The van der Waals surface area contributed by atoms with E-state index in [1.807, 2.05) is 6.92 Å². The number of rotatable bonds is 5. The van der Waals surface area contributed by atoms with Gasteiger partial charge in [-0.1, -0.05) is 6.92 Å². The number of Topliss-reactive ketones (excluding diaryl/α,β-unsaturated/α-hetero) is 1. The molecule has 4 nitrogen and oxygen atoms in total. The summed E-state index contributed by atoms with van der Waals surface area (Å²) in [5.41, 5.74) is -0.349. The van der Waals surface area contributed by atoms with Crippen LogP contribution in [0.5, 0.6) is 0 Å². The first-order valence-electron chi connectivity index (χ1n) is 6.74. The molecule has 0 fully saturated rings. The van der Waals surface area contributed by atoms with Crippen molar-refractivity contribution in [3.63, 3.8) is 0 Å². The minimum absolute atomic E-state index is 0.0106. The summed E-state index contributed by atoms with van der Waals surface area (Å²) in [6.45, 7) is 1.94. The molecule has 1 atom stereocenters. The zero-order valence-electron chi connectivity index (χ0n) is 12.1. The van der Waals surface area contributed by atoms with Gasteiger partial charge in [-0.25, -0.2) is 4.98 Å². The highest BCUT2D eigenvalue weighted by molar-refractivity contribution is 7.09. The Hall–Kier alpha value is -2.27. The summed E-state index contributed by atoms with van der Waals surface area (Å²) in [6, 6.07) is 3.68. The molecule has 0 N–H and O–H groups in total. The second-order valence-corrected chi connectivity index (χ2v) is 5.70. The highest BCUT2D eigenvalue weighted by Gasteiger charge is 2.31. The topological polar surface area (TPSA) is 66.6 Å². The van der Waals surface area contributed by atoms with Gasteiger partial charge in [0.2, 0.25) is 0 Å². The SMILES string of the molecule is CCc1nc(CC(=O)C(C#N)c2ccc(C(F)(F)F)cn2)cs1. The Labute approximate surface area is 134 Å². The van der Waals surface area contributed by atoms with Gasteiger partial charge in [-0.05, 0) is 18.6 Å². The fourth-order valence-corrected chi connectivity index (χ4v) is 2.66. The van der Waals surface area contributed by atoms with Crippen LogP contribution in [0.3, 0.4) is 0 Å². The van der Waals surface area contributed by atoms with Crippen molar-refractivity contribution in [2.24, 2.45) is 0 Å². The first-order valence-corrected chi connectivity index (χ1v) is 7.62. The highest BCUT2D eigenvalue weighted by Crippen LogP contribution is 2.29. The number of nitriles is 1. The van der Waals surface area contributed by atoms with E-state index in [0.717, 1.165) is 23.6 Å². The summed E-state index contributed by atoms with van der Waals surface area (Å²) in [6.07, 6.45) is -3.17. The number of aryl methyl sites for hydroxylation is 1. The standard InChI is InChI=1S/C15H12F3N3OS/c1-2-14-21-10(8-23-14)5-13(22)11(6-19)12-4-3-9(7-20-12)15(16,17)18/h3-4,7-8,11H,2,5H2,1H3. The van der Waals surface area contributed by atoms with E-state index in [9.17, 15) is 18.0 Å². The molecule has 0 spiro atoms. The molecule has 0 saturated heterocycles. The maximum Gasteiger partial charge on any atom is 0.417 e. The molecule has 2 heterocycles. The number of hydrogen-bond donors (Lipinski definition) is 0. The van der Waals surface area contributed by atoms with Crippen molar-refractivity contribution >= 4 is 17.1 Å². The van der Waals surface area contributed by atoms with Crippen molar-refractivity contribution in [2.45, 2.75) is 31.9 Å². The Balaban J connectivity index is 2.15. The molecule has 0 saturated carbocycles. The van der Waals surface area contributed by atoms with E-state index >= 15 is 0 Å². The fourth-order valence-electron chi connectivity index (χ4n) is 1.92. The van der Waals surface area contributed by atoms with Gasteiger partial charge < -0.3 is 0 Å². The number of carbonyl (C=O) groups is 1. The second-order valence-electron chi connectivity index (χ2n) is 4.76. The lowest BCUT2D eigenvalue weighted by atomic mass is 9.97. The summed E-state index contributed by atoms with van der Waals surface area (Å²) in [7, 11) is 0. The maximum atomic E-state index is 12.5. The molecule has 120 valence electrons. The van der Waals surface area contributed by atoms with Gasteiger partial charge in [0.1, 0.15) is 5.92 Å². The van der Waals surface area contributed by atoms with Gasteiger partial charge in [0, 0.05) is 11.6 Å². The zero-order chi connectivity index (χ0) is 17.0. The van der Waals surface area contributed by atoms with Gasteiger partial charge in [-0.3, -0.25) is 9.78 Å². The number of alkyl halides is 3. The average molecular weight is 339 g/mol. The fraction of sp³-hybridized carbons (Fsp3) is 0.333. The summed E-state index contributed by atoms with van der Waals surface area (Å²) in [5.74, 6) is -1.64. The van der Waals surface area contributed by atoms with Crippen LogP contribution >= 0.6 is 11.3 Å². The molecule has 2 rings (SSSR count). The van der Waals surface area contributed by atoms with Crippen LogP contribution in [-0.4, -0.2) is 15.8 Å². The van der Waals surface area contributed by atoms with E-state index in [0.29, 0.717) is 11.9 Å². The van der Waals surface area contributed by atoms with Gasteiger partial charge >= 0.3 is 6.18 Å². The van der Waals surface area contributed by atoms with Crippen LogP contribution in [0, 0.1) is 11.3 Å². The maximum absolute atomic E-state index is 12.5. The zero-order valence-corrected chi connectivity index (χ0v) is 12.9. The van der Waals surface area contributed by atoms with E-state index in [2.05, 4.69) is 9.97 Å². The van der Waals surface area contributed by atoms with Crippen molar-refractivity contribution in [1.82, 2.24) is 9.97 Å². The van der Waals surface area contributed by atoms with Crippen molar-refractivity contribution < 1.29 is 18.0 Å². The minimum Gasteiger partial charge on any atom is -0.297 e. The summed E-state index contributed by atoms with van der Waals surface area (Å²) < 4.78 is 37.5. The number of aromatic nitrogens is 2. The monoisotopic (exact) mass is 339 g/mol. The van der Waals surface area contributed by atoms with Gasteiger partial charge in [-0.15, -0.1) is 11.3 Å². The van der Waals surface area contributed by atoms with Gasteiger partial charge in [0.05, 0.1) is 34.4 Å². The largest absolute Gasteiger partial charge is 0.417 e. The van der Waals surface area contributed by atoms with Crippen LogP contribution in [0.1, 0.15) is 34.8 Å². The van der Waals surface area contributed by atoms with Crippen molar-refractivity contribution in [2.75, 3.05) is 0 Å². The number of halogens is 3. The Morgan fingerprint density at radius 1 is 1.43 bits per heavy atom. The van der Waals surface area contributed by atoms with Crippen LogP contribution in [0.15, 0.2) is 23.7 Å². The molecule has 0 aliphatic heterocycles. The van der Waals surface area contributed by atoms with E-state index in [4.69, 9.17) is 5.26 Å². The summed E-state index contributed by atoms with van der Waals surface area (Å²) >= 11 is 1.42. The molecular weight excluding hydrogens is 327 g/mol. The molecule has 0 aromatic carbocycles. The van der Waals surface area contributed by atoms with E-state index in [1.54, 1.807) is 11.4 Å². The van der Waals surface area contributed by atoms with Crippen molar-refractivity contribution in [3.05, 3.63) is 45.7 Å². The number of thiazole rings is 1. The Bertz CT molecular complexity index is 732. The lowest BCUT2D eigenvalue weighted by Gasteiger charge is -2.09. The number of pyridine rings is 1. The highest BCUT2D eigenvalue weighted by atomic mass is 32.1. The molecule has 1 unspecified atom stereocenters. The van der Waals surface area contributed by atoms with Crippen molar-refractivity contribution in [1.29, 1.82) is 5.26 Å². The summed E-state index contributed by atoms with van der Waals surface area (Å²) in [4.78, 5) is 20.1. The first kappa shape index (κ1) is 17.1. The molecule has 0 bridgehead atoms. The Kier molecular flexibility index (Phi) is 5.11. The van der Waals surface area contributed by atoms with Crippen LogP contribution in [-0.2, 0) is 23.8 Å². The third-order valence-corrected chi connectivity index (χ3v) is 4.16. The quantitative estimate of drug-likeness (QED) is 0.836. The van der Waals surface area contributed by atoms with Gasteiger partial charge in [-0.2, -0.15) is 18.4 Å². The lowest BCUT2D eigenvalue weighted by molar-refractivity contribution is -0.137. The number of ketones is 1. The molecule has 0 aliphatic rings. The minimum atomic E-state index is -4.51. The molecule has 0 amide bonds. The number of hydrogen-bond acceptors (Lipinski definition) is 5. The van der Waals surface area contributed by atoms with E-state index in [-0.39, 0.29) is 12.1 Å². The van der Waals surface area contributed by atoms with Crippen LogP contribution in [0.4, 0.5) is 13.2 Å². The van der Waals surface area contributed by atoms with Crippen LogP contribution < -0.4 is 0 Å². The average Bonchev–Trinajstić information content (AvgIpc) is 2.95. The molecule has 2 aromatic rings. The van der Waals surface area contributed by atoms with Crippen LogP contribution in [0.25, 0.3) is 0 Å². The molecule has 0 radical (unpaired) electrons. The Morgan fingerprint density at radius 3 is 2.65 bits per heavy atom. The van der Waals surface area contributed by atoms with E-state index in [1.165, 1.54) is 11.3 Å². The molecular formula is C15H12F3N3OS. The van der Waals surface area contributed by atoms with Crippen molar-refractivity contribution in [3.8, 4) is 6.07 Å². The predicted octanol–water partition coefficient (Wildman–Crippen LogP) is 3.54. The van der Waals surface area contributed by atoms with Crippen LogP contribution in [0.2, 0.25) is 0 Å². The number of carbonyl (C=O) groups excluding carboxylic acids is 1. The molecule has 8 heteroatoms. The Morgan fingerprint density at radius 2 is 2.17 bits per heavy atom. The predicted molar refractivity (Wildman–Crippen MR) is 77.8 cm³/mol. The molecule has 0 aliphatic carbocycles. The normalized spacial score (nSPS) is 12.7. The lowest BCUT2D eigenvalue weighted by Crippen LogP contribution is -2.16. The van der Waals surface area contributed by atoms with E-state index < -0.39 is 23.4 Å². The summed E-state index contributed by atoms with van der Waals surface area (Å²) in [5, 5.41) is 11.8. The molecule has 2 aromatic heterocycles. The third-order valence-electron chi connectivity index (χ3n) is 3.12. The first-order chi connectivity index (χ1) is 10.8. The van der Waals surface area contributed by atoms with Gasteiger partial charge in [0.25, 0.3) is 0 Å². The molecule has 23 heavy (non-hydrogen) atoms. The smallest absolute Gasteiger partial charge is 0.297 e. The third kappa shape index (κ3) is 4.13.